The second-order valence-electron chi connectivity index (χ2n) is 7.42. The SMILES string of the molecule is O=C1NC(CSC2CCOCC2)=NC2=CC(=NC3CCCC3(F)F)C=C(F)C12. The number of halogens is 3. The Morgan fingerprint density at radius 1 is 1.29 bits per heavy atom. The molecule has 2 unspecified atom stereocenters. The summed E-state index contributed by atoms with van der Waals surface area (Å²) in [5.41, 5.74) is 0.344. The lowest BCUT2D eigenvalue weighted by atomic mass is 9.94. The molecule has 1 saturated heterocycles. The topological polar surface area (TPSA) is 63.0 Å². The standard InChI is InChI=1S/C19H22F3N3O2S/c20-13-8-11(23-15-2-1-5-19(15,21)22)9-14-17(13)18(26)25-16(24-14)10-28-12-3-6-27-7-4-12/h8-9,12,15,17H,1-7,10H2,(H,24,25,26). The Labute approximate surface area is 165 Å². The van der Waals surface area contributed by atoms with Crippen molar-refractivity contribution in [3.8, 4) is 0 Å². The van der Waals surface area contributed by atoms with Crippen molar-refractivity contribution in [2.75, 3.05) is 19.0 Å². The molecule has 0 aromatic carbocycles. The molecule has 1 saturated carbocycles. The van der Waals surface area contributed by atoms with Gasteiger partial charge in [0.15, 0.2) is 0 Å². The van der Waals surface area contributed by atoms with Gasteiger partial charge in [-0.3, -0.25) is 9.79 Å². The molecule has 152 valence electrons. The third-order valence-corrected chi connectivity index (χ3v) is 6.73. The van der Waals surface area contributed by atoms with Crippen molar-refractivity contribution in [3.05, 3.63) is 23.7 Å². The molecule has 9 heteroatoms. The summed E-state index contributed by atoms with van der Waals surface area (Å²) in [6, 6.07) is -1.15. The fourth-order valence-electron chi connectivity index (χ4n) is 3.83. The predicted octanol–water partition coefficient (Wildman–Crippen LogP) is 3.42. The number of aliphatic imine (C=N–C) groups is 2. The van der Waals surface area contributed by atoms with Gasteiger partial charge in [0, 0.05) is 24.9 Å². The number of allylic oxidation sites excluding steroid dienone is 2. The van der Waals surface area contributed by atoms with Crippen LogP contribution in [0.1, 0.15) is 32.1 Å². The lowest BCUT2D eigenvalue weighted by Gasteiger charge is -2.27. The molecular formula is C19H22F3N3O2S. The molecule has 2 atom stereocenters. The number of carbonyl (C=O) groups excluding carboxylic acids is 1. The van der Waals surface area contributed by atoms with Crippen molar-refractivity contribution in [2.24, 2.45) is 15.9 Å². The molecule has 0 aromatic heterocycles. The van der Waals surface area contributed by atoms with E-state index in [2.05, 4.69) is 15.3 Å². The number of amides is 1. The smallest absolute Gasteiger partial charge is 0.270 e. The Bertz CT molecular complexity index is 772. The van der Waals surface area contributed by atoms with Crippen LogP contribution in [-0.4, -0.2) is 53.6 Å². The van der Waals surface area contributed by atoms with E-state index in [4.69, 9.17) is 4.74 Å². The predicted molar refractivity (Wildman–Crippen MR) is 103 cm³/mol. The molecule has 2 heterocycles. The highest BCUT2D eigenvalue weighted by molar-refractivity contribution is 8.00. The number of nitrogens with zero attached hydrogens (tertiary/aromatic N) is 2. The summed E-state index contributed by atoms with van der Waals surface area (Å²) in [4.78, 5) is 20.8. The zero-order chi connectivity index (χ0) is 19.7. The van der Waals surface area contributed by atoms with Crippen LogP contribution in [0.5, 0.6) is 0 Å². The van der Waals surface area contributed by atoms with Crippen molar-refractivity contribution >= 4 is 29.2 Å². The molecule has 4 rings (SSSR count). The van der Waals surface area contributed by atoms with Gasteiger partial charge in [-0.2, -0.15) is 11.8 Å². The molecular weight excluding hydrogens is 391 g/mol. The number of hydrogen-bond donors (Lipinski definition) is 1. The number of alkyl halides is 2. The van der Waals surface area contributed by atoms with E-state index in [1.807, 2.05) is 0 Å². The quantitative estimate of drug-likeness (QED) is 0.768. The van der Waals surface area contributed by atoms with Gasteiger partial charge in [0.2, 0.25) is 5.91 Å². The lowest BCUT2D eigenvalue weighted by Crippen LogP contribution is -2.43. The average molecular weight is 413 g/mol. The van der Waals surface area contributed by atoms with Crippen LogP contribution < -0.4 is 5.32 Å². The van der Waals surface area contributed by atoms with Crippen LogP contribution in [-0.2, 0) is 9.53 Å². The second kappa shape index (κ2) is 8.02. The molecule has 0 spiro atoms. The Morgan fingerprint density at radius 3 is 2.79 bits per heavy atom. The first kappa shape index (κ1) is 19.7. The normalized spacial score (nSPS) is 31.8. The number of hydrogen-bond acceptors (Lipinski definition) is 5. The van der Waals surface area contributed by atoms with Gasteiger partial charge in [0.1, 0.15) is 23.6 Å². The minimum absolute atomic E-state index is 0.116. The highest BCUT2D eigenvalue weighted by atomic mass is 32.2. The van der Waals surface area contributed by atoms with Crippen molar-refractivity contribution in [1.29, 1.82) is 0 Å². The van der Waals surface area contributed by atoms with Crippen LogP contribution in [0.3, 0.4) is 0 Å². The van der Waals surface area contributed by atoms with Crippen molar-refractivity contribution in [3.63, 3.8) is 0 Å². The maximum absolute atomic E-state index is 14.5. The fraction of sp³-hybridized carbons (Fsp3) is 0.632. The van der Waals surface area contributed by atoms with E-state index in [0.717, 1.165) is 32.1 Å². The van der Waals surface area contributed by atoms with Crippen LogP contribution in [0, 0.1) is 5.92 Å². The number of fused-ring (bicyclic) bond motifs is 1. The van der Waals surface area contributed by atoms with Gasteiger partial charge in [-0.25, -0.2) is 18.2 Å². The van der Waals surface area contributed by atoms with Crippen LogP contribution >= 0.6 is 11.8 Å². The molecule has 28 heavy (non-hydrogen) atoms. The lowest BCUT2D eigenvalue weighted by molar-refractivity contribution is -0.122. The summed E-state index contributed by atoms with van der Waals surface area (Å²) in [6.07, 6.45) is 4.89. The third-order valence-electron chi connectivity index (χ3n) is 5.35. The van der Waals surface area contributed by atoms with Gasteiger partial charge >= 0.3 is 0 Å². The van der Waals surface area contributed by atoms with Gasteiger partial charge in [-0.15, -0.1) is 0 Å². The van der Waals surface area contributed by atoms with E-state index in [0.29, 0.717) is 23.3 Å². The van der Waals surface area contributed by atoms with Gasteiger partial charge in [0.05, 0.1) is 17.2 Å². The summed E-state index contributed by atoms with van der Waals surface area (Å²) in [7, 11) is 0. The van der Waals surface area contributed by atoms with E-state index in [1.54, 1.807) is 11.8 Å². The molecule has 0 bridgehead atoms. The van der Waals surface area contributed by atoms with Crippen molar-refractivity contribution < 1.29 is 22.7 Å². The number of amidine groups is 1. The van der Waals surface area contributed by atoms with E-state index < -0.39 is 29.6 Å². The summed E-state index contributed by atoms with van der Waals surface area (Å²) in [5.74, 6) is -4.23. The van der Waals surface area contributed by atoms with E-state index in [1.165, 1.54) is 6.08 Å². The Kier molecular flexibility index (Phi) is 5.64. The molecule has 1 amide bonds. The van der Waals surface area contributed by atoms with E-state index in [-0.39, 0.29) is 24.3 Å². The number of rotatable bonds is 4. The highest BCUT2D eigenvalue weighted by Gasteiger charge is 2.44. The zero-order valence-electron chi connectivity index (χ0n) is 15.3. The molecule has 4 aliphatic rings. The fourth-order valence-corrected chi connectivity index (χ4v) is 4.88. The molecule has 5 nitrogen and oxygen atoms in total. The molecule has 2 aliphatic heterocycles. The van der Waals surface area contributed by atoms with Crippen molar-refractivity contribution in [2.45, 2.75) is 49.3 Å². The number of carbonyl (C=O) groups is 1. The Balaban J connectivity index is 1.52. The van der Waals surface area contributed by atoms with Gasteiger partial charge in [-0.1, -0.05) is 0 Å². The zero-order valence-corrected chi connectivity index (χ0v) is 16.1. The minimum atomic E-state index is -2.87. The maximum atomic E-state index is 14.5. The minimum Gasteiger partial charge on any atom is -0.381 e. The van der Waals surface area contributed by atoms with Gasteiger partial charge in [-0.05, 0) is 37.8 Å². The van der Waals surface area contributed by atoms with Gasteiger partial charge < -0.3 is 10.1 Å². The Morgan fingerprint density at radius 2 is 2.07 bits per heavy atom. The third kappa shape index (κ3) is 4.20. The monoisotopic (exact) mass is 413 g/mol. The first-order chi connectivity index (χ1) is 13.4. The number of thioether (sulfide) groups is 1. The largest absolute Gasteiger partial charge is 0.381 e. The molecule has 0 aromatic rings. The van der Waals surface area contributed by atoms with Crippen LogP contribution in [0.4, 0.5) is 13.2 Å². The van der Waals surface area contributed by atoms with Crippen LogP contribution in [0.2, 0.25) is 0 Å². The summed E-state index contributed by atoms with van der Waals surface area (Å²) < 4.78 is 47.5. The van der Waals surface area contributed by atoms with E-state index >= 15 is 0 Å². The summed E-state index contributed by atoms with van der Waals surface area (Å²) in [6.45, 7) is 1.46. The Hall–Kier alpha value is -1.61. The maximum Gasteiger partial charge on any atom is 0.270 e. The summed E-state index contributed by atoms with van der Waals surface area (Å²) >= 11 is 1.68. The summed E-state index contributed by atoms with van der Waals surface area (Å²) in [5, 5.41) is 3.10. The van der Waals surface area contributed by atoms with Crippen molar-refractivity contribution in [1.82, 2.24) is 5.32 Å². The second-order valence-corrected chi connectivity index (χ2v) is 8.71. The van der Waals surface area contributed by atoms with Crippen LogP contribution in [0.25, 0.3) is 0 Å². The number of ether oxygens (including phenoxy) is 1. The number of nitrogens with one attached hydrogen (secondary N) is 1. The highest BCUT2D eigenvalue weighted by Crippen LogP contribution is 2.38. The average Bonchev–Trinajstić information content (AvgIpc) is 2.98. The first-order valence-electron chi connectivity index (χ1n) is 9.54. The van der Waals surface area contributed by atoms with Crippen LogP contribution in [0.15, 0.2) is 33.7 Å². The molecule has 0 radical (unpaired) electrons. The van der Waals surface area contributed by atoms with E-state index in [9.17, 15) is 18.0 Å². The molecule has 1 N–H and O–H groups in total. The van der Waals surface area contributed by atoms with Gasteiger partial charge in [0.25, 0.3) is 5.92 Å². The first-order valence-corrected chi connectivity index (χ1v) is 10.6. The molecule has 2 fully saturated rings. The molecule has 2 aliphatic carbocycles.